The zero-order chi connectivity index (χ0) is 33.4. The summed E-state index contributed by atoms with van der Waals surface area (Å²) in [5.74, 6) is -3.53. The lowest BCUT2D eigenvalue weighted by atomic mass is 10.0. The zero-order valence-corrected chi connectivity index (χ0v) is 25.7. The summed E-state index contributed by atoms with van der Waals surface area (Å²) < 4.78 is 20.5. The van der Waals surface area contributed by atoms with Crippen molar-refractivity contribution >= 4 is 46.9 Å². The maximum Gasteiger partial charge on any atom is 0.338 e. The highest BCUT2D eigenvalue weighted by Crippen LogP contribution is 2.29. The van der Waals surface area contributed by atoms with Gasteiger partial charge in [0.15, 0.2) is 13.2 Å². The first-order valence-corrected chi connectivity index (χ1v) is 14.2. The molecular formula is C33H33N3O10. The number of carbonyl (C=O) groups excluding carboxylic acids is 6. The lowest BCUT2D eigenvalue weighted by molar-refractivity contribution is -0.151. The third kappa shape index (κ3) is 8.05. The van der Waals surface area contributed by atoms with Crippen LogP contribution in [0.15, 0.2) is 66.7 Å². The number of imide groups is 1. The summed E-state index contributed by atoms with van der Waals surface area (Å²) in [6.07, 6.45) is 0.0720. The number of ether oxygens (including phenoxy) is 4. The molecule has 4 amide bonds. The van der Waals surface area contributed by atoms with E-state index in [9.17, 15) is 28.8 Å². The SMILES string of the molecule is COc1ccc(NC(=O)COC(=O)c2ccc3c(c2)C(=O)N(C(CC(C)C)C(=O)OCC(=O)Nc2ccc(OC)cc2)C3=O)cc1. The van der Waals surface area contributed by atoms with Crippen LogP contribution in [-0.2, 0) is 23.9 Å². The molecule has 13 nitrogen and oxygen atoms in total. The minimum atomic E-state index is -1.32. The lowest BCUT2D eigenvalue weighted by Crippen LogP contribution is -2.46. The fourth-order valence-corrected chi connectivity index (χ4v) is 4.61. The zero-order valence-electron chi connectivity index (χ0n) is 25.7. The Bertz CT molecular complexity index is 1630. The van der Waals surface area contributed by atoms with Crippen molar-refractivity contribution in [2.75, 3.05) is 38.1 Å². The van der Waals surface area contributed by atoms with Crippen molar-refractivity contribution in [1.29, 1.82) is 0 Å². The molecule has 0 aromatic heterocycles. The molecule has 2 N–H and O–H groups in total. The third-order valence-corrected chi connectivity index (χ3v) is 6.86. The number of anilines is 2. The molecule has 0 bridgehead atoms. The number of amides is 4. The Balaban J connectivity index is 1.39. The average molecular weight is 632 g/mol. The molecule has 0 radical (unpaired) electrons. The summed E-state index contributed by atoms with van der Waals surface area (Å²) in [5, 5.41) is 5.17. The third-order valence-electron chi connectivity index (χ3n) is 6.86. The Labute approximate surface area is 264 Å². The van der Waals surface area contributed by atoms with Crippen LogP contribution in [0.5, 0.6) is 11.5 Å². The van der Waals surface area contributed by atoms with Gasteiger partial charge in [-0.15, -0.1) is 0 Å². The van der Waals surface area contributed by atoms with Crippen molar-refractivity contribution < 1.29 is 47.7 Å². The summed E-state index contributed by atoms with van der Waals surface area (Å²) >= 11 is 0. The van der Waals surface area contributed by atoms with Crippen LogP contribution in [0.4, 0.5) is 11.4 Å². The van der Waals surface area contributed by atoms with Crippen LogP contribution in [0.2, 0.25) is 0 Å². The van der Waals surface area contributed by atoms with E-state index in [-0.39, 0.29) is 29.0 Å². The molecule has 4 rings (SSSR count). The van der Waals surface area contributed by atoms with E-state index in [0.29, 0.717) is 22.9 Å². The standard InChI is InChI=1S/C33H33N3O10/c1-19(2)15-27(33(42)46-18-29(38)35-22-8-12-24(44-4)13-9-22)36-30(39)25-14-5-20(16-26(25)31(36)40)32(41)45-17-28(37)34-21-6-10-23(43-3)11-7-21/h5-14,16,19,27H,15,17-18H2,1-4H3,(H,34,37)(H,35,38). The maximum absolute atomic E-state index is 13.4. The molecule has 0 aliphatic carbocycles. The highest BCUT2D eigenvalue weighted by Gasteiger charge is 2.44. The fraction of sp³-hybridized carbons (Fsp3) is 0.273. The van der Waals surface area contributed by atoms with Crippen LogP contribution in [0.3, 0.4) is 0 Å². The second kappa shape index (κ2) is 14.8. The Hall–Kier alpha value is -5.72. The first-order chi connectivity index (χ1) is 22.0. The molecule has 1 aliphatic heterocycles. The van der Waals surface area contributed by atoms with Crippen LogP contribution in [-0.4, -0.2) is 73.9 Å². The van der Waals surface area contributed by atoms with Gasteiger partial charge in [0.25, 0.3) is 23.6 Å². The fourth-order valence-electron chi connectivity index (χ4n) is 4.61. The lowest BCUT2D eigenvalue weighted by Gasteiger charge is -2.25. The Morgan fingerprint density at radius 3 is 1.70 bits per heavy atom. The predicted octanol–water partition coefficient (Wildman–Crippen LogP) is 3.69. The van der Waals surface area contributed by atoms with Crippen LogP contribution in [0.25, 0.3) is 0 Å². The van der Waals surface area contributed by atoms with Crippen LogP contribution < -0.4 is 20.1 Å². The van der Waals surface area contributed by atoms with Gasteiger partial charge in [0.05, 0.1) is 30.9 Å². The van der Waals surface area contributed by atoms with Crippen molar-refractivity contribution in [2.45, 2.75) is 26.3 Å². The van der Waals surface area contributed by atoms with E-state index in [1.807, 2.05) is 0 Å². The summed E-state index contributed by atoms with van der Waals surface area (Å²) in [4.78, 5) is 78.1. The number of fused-ring (bicyclic) bond motifs is 1. The molecule has 0 fully saturated rings. The quantitative estimate of drug-likeness (QED) is 0.210. The molecule has 0 saturated carbocycles. The van der Waals surface area contributed by atoms with Crippen molar-refractivity contribution in [3.63, 3.8) is 0 Å². The summed E-state index contributed by atoms with van der Waals surface area (Å²) in [7, 11) is 3.02. The van der Waals surface area contributed by atoms with E-state index in [4.69, 9.17) is 18.9 Å². The van der Waals surface area contributed by atoms with Crippen molar-refractivity contribution in [1.82, 2.24) is 4.90 Å². The van der Waals surface area contributed by atoms with Gasteiger partial charge in [-0.25, -0.2) is 9.59 Å². The van der Waals surface area contributed by atoms with Crippen LogP contribution in [0, 0.1) is 5.92 Å². The minimum absolute atomic E-state index is 0.0161. The number of rotatable bonds is 13. The van der Waals surface area contributed by atoms with E-state index < -0.39 is 54.8 Å². The van der Waals surface area contributed by atoms with Crippen molar-refractivity contribution in [3.8, 4) is 11.5 Å². The molecule has 1 unspecified atom stereocenters. The molecule has 0 spiro atoms. The Morgan fingerprint density at radius 1 is 0.696 bits per heavy atom. The van der Waals surface area contributed by atoms with Gasteiger partial charge < -0.3 is 29.6 Å². The summed E-state index contributed by atoms with van der Waals surface area (Å²) in [6, 6.07) is 15.5. The number of esters is 2. The molecular weight excluding hydrogens is 598 g/mol. The smallest absolute Gasteiger partial charge is 0.338 e. The number of carbonyl (C=O) groups is 6. The minimum Gasteiger partial charge on any atom is -0.497 e. The number of benzene rings is 3. The largest absolute Gasteiger partial charge is 0.497 e. The topological polar surface area (TPSA) is 167 Å². The highest BCUT2D eigenvalue weighted by molar-refractivity contribution is 6.23. The first kappa shape index (κ1) is 33.2. The van der Waals surface area contributed by atoms with Gasteiger partial charge in [0, 0.05) is 11.4 Å². The van der Waals surface area contributed by atoms with Crippen LogP contribution in [0.1, 0.15) is 51.3 Å². The normalized spacial score (nSPS) is 12.7. The predicted molar refractivity (Wildman–Crippen MR) is 165 cm³/mol. The van der Waals surface area contributed by atoms with E-state index in [2.05, 4.69) is 10.6 Å². The molecule has 13 heteroatoms. The molecule has 1 aliphatic rings. The first-order valence-electron chi connectivity index (χ1n) is 14.2. The second-order valence-electron chi connectivity index (χ2n) is 10.6. The maximum atomic E-state index is 13.4. The number of hydrogen-bond acceptors (Lipinski definition) is 10. The van der Waals surface area contributed by atoms with Crippen molar-refractivity contribution in [3.05, 3.63) is 83.4 Å². The molecule has 1 heterocycles. The number of nitrogens with zero attached hydrogens (tertiary/aromatic N) is 1. The molecule has 46 heavy (non-hydrogen) atoms. The van der Waals surface area contributed by atoms with Gasteiger partial charge in [-0.1, -0.05) is 13.8 Å². The van der Waals surface area contributed by atoms with Gasteiger partial charge in [0.1, 0.15) is 17.5 Å². The molecule has 3 aromatic rings. The van der Waals surface area contributed by atoms with Crippen LogP contribution >= 0.6 is 0 Å². The van der Waals surface area contributed by atoms with Gasteiger partial charge in [0.2, 0.25) is 0 Å². The monoisotopic (exact) mass is 631 g/mol. The second-order valence-corrected chi connectivity index (χ2v) is 10.6. The van der Waals surface area contributed by atoms with E-state index in [1.165, 1.54) is 32.4 Å². The Morgan fingerprint density at radius 2 is 1.20 bits per heavy atom. The highest BCUT2D eigenvalue weighted by atomic mass is 16.5. The summed E-state index contributed by atoms with van der Waals surface area (Å²) in [5.41, 5.74) is 0.722. The number of hydrogen-bond donors (Lipinski definition) is 2. The number of methoxy groups -OCH3 is 2. The Kier molecular flexibility index (Phi) is 10.7. The van der Waals surface area contributed by atoms with E-state index >= 15 is 0 Å². The van der Waals surface area contributed by atoms with Gasteiger partial charge in [-0.3, -0.25) is 24.1 Å². The van der Waals surface area contributed by atoms with E-state index in [1.54, 1.807) is 62.4 Å². The molecule has 1 atom stereocenters. The molecule has 3 aromatic carbocycles. The van der Waals surface area contributed by atoms with E-state index in [0.717, 1.165) is 4.90 Å². The van der Waals surface area contributed by atoms with Gasteiger partial charge in [-0.05, 0) is 79.1 Å². The van der Waals surface area contributed by atoms with Gasteiger partial charge >= 0.3 is 11.9 Å². The van der Waals surface area contributed by atoms with Crippen molar-refractivity contribution in [2.24, 2.45) is 5.92 Å². The summed E-state index contributed by atoms with van der Waals surface area (Å²) in [6.45, 7) is 2.35. The molecule has 240 valence electrons. The van der Waals surface area contributed by atoms with Gasteiger partial charge in [-0.2, -0.15) is 0 Å². The number of nitrogens with one attached hydrogen (secondary N) is 2. The average Bonchev–Trinajstić information content (AvgIpc) is 3.30. The molecule has 0 saturated heterocycles.